The normalized spacial score (nSPS) is 11.6. The van der Waals surface area contributed by atoms with Crippen LogP contribution in [-0.4, -0.2) is 69.4 Å². The predicted octanol–water partition coefficient (Wildman–Crippen LogP) is 0.366. The van der Waals surface area contributed by atoms with Crippen molar-refractivity contribution in [3.05, 3.63) is 47.5 Å². The van der Waals surface area contributed by atoms with Crippen LogP contribution in [-0.2, 0) is 29.3 Å². The fraction of sp³-hybridized carbons (Fsp3) is 0.286. The van der Waals surface area contributed by atoms with Gasteiger partial charge in [0.2, 0.25) is 11.8 Å². The van der Waals surface area contributed by atoms with E-state index in [9.17, 15) is 31.2 Å². The number of sulfone groups is 2. The highest BCUT2D eigenvalue weighted by molar-refractivity contribution is 7.91. The Hall–Kier alpha value is -3.13. The quantitative estimate of drug-likeness (QED) is 0.326. The standard InChI is InChI=1S/C21H24N2O9S2/c1-13(26)22-17-11-15(3-5-19(17)33(29,30)9-7-24)21(28)16-4-6-20(34(31,32)10-8-25)18(12-16)23-14(2)27/h3-6,11-12,24-25H,7-10H2,1-2H3,(H,22,26)(H,23,27). The summed E-state index contributed by atoms with van der Waals surface area (Å²) >= 11 is 0. The van der Waals surface area contributed by atoms with E-state index < -0.39 is 62.0 Å². The Balaban J connectivity index is 2.60. The zero-order chi connectivity index (χ0) is 25.7. The van der Waals surface area contributed by atoms with E-state index in [-0.39, 0.29) is 32.3 Å². The third kappa shape index (κ3) is 6.47. The summed E-state index contributed by atoms with van der Waals surface area (Å²) in [5, 5.41) is 22.8. The van der Waals surface area contributed by atoms with Crippen molar-refractivity contribution < 1.29 is 41.4 Å². The van der Waals surface area contributed by atoms with Gasteiger partial charge in [0.1, 0.15) is 0 Å². The molecule has 34 heavy (non-hydrogen) atoms. The summed E-state index contributed by atoms with van der Waals surface area (Å²) in [6, 6.07) is 6.99. The molecule has 0 aromatic heterocycles. The minimum atomic E-state index is -3.95. The van der Waals surface area contributed by atoms with Gasteiger partial charge in [-0.15, -0.1) is 0 Å². The first-order valence-electron chi connectivity index (χ1n) is 9.87. The molecular formula is C21H24N2O9S2. The van der Waals surface area contributed by atoms with Gasteiger partial charge in [0.15, 0.2) is 25.5 Å². The fourth-order valence-electron chi connectivity index (χ4n) is 3.09. The van der Waals surface area contributed by atoms with Gasteiger partial charge in [-0.2, -0.15) is 0 Å². The molecule has 0 aliphatic carbocycles. The number of rotatable bonds is 10. The molecule has 13 heteroatoms. The van der Waals surface area contributed by atoms with Crippen LogP contribution in [0.15, 0.2) is 46.2 Å². The lowest BCUT2D eigenvalue weighted by atomic mass is 10.0. The second-order valence-corrected chi connectivity index (χ2v) is 11.4. The second kappa shape index (κ2) is 10.9. The molecule has 0 atom stereocenters. The third-order valence-corrected chi connectivity index (χ3v) is 7.99. The van der Waals surface area contributed by atoms with E-state index in [1.165, 1.54) is 12.1 Å². The summed E-state index contributed by atoms with van der Waals surface area (Å²) in [4.78, 5) is 35.7. The molecule has 2 amide bonds. The van der Waals surface area contributed by atoms with E-state index in [1.54, 1.807) is 0 Å². The molecule has 184 valence electrons. The Morgan fingerprint density at radius 1 is 0.706 bits per heavy atom. The van der Waals surface area contributed by atoms with Gasteiger partial charge in [0.05, 0.1) is 45.9 Å². The Morgan fingerprint density at radius 3 is 1.35 bits per heavy atom. The van der Waals surface area contributed by atoms with Gasteiger partial charge in [-0.25, -0.2) is 16.8 Å². The molecule has 0 spiro atoms. The van der Waals surface area contributed by atoms with Crippen molar-refractivity contribution in [2.45, 2.75) is 23.6 Å². The average molecular weight is 513 g/mol. The van der Waals surface area contributed by atoms with Crippen LogP contribution in [0.5, 0.6) is 0 Å². The minimum Gasteiger partial charge on any atom is -0.395 e. The molecule has 2 aromatic rings. The number of anilines is 2. The third-order valence-electron chi connectivity index (χ3n) is 4.50. The van der Waals surface area contributed by atoms with Gasteiger partial charge in [-0.05, 0) is 36.4 Å². The van der Waals surface area contributed by atoms with Crippen molar-refractivity contribution in [3.8, 4) is 0 Å². The predicted molar refractivity (Wildman–Crippen MR) is 123 cm³/mol. The number of carbonyl (C=O) groups excluding carboxylic acids is 3. The molecule has 11 nitrogen and oxygen atoms in total. The van der Waals surface area contributed by atoms with E-state index in [2.05, 4.69) is 10.6 Å². The monoisotopic (exact) mass is 512 g/mol. The Kier molecular flexibility index (Phi) is 8.66. The summed E-state index contributed by atoms with van der Waals surface area (Å²) in [5.74, 6) is -2.99. The van der Waals surface area contributed by atoms with Gasteiger partial charge < -0.3 is 20.8 Å². The van der Waals surface area contributed by atoms with Gasteiger partial charge in [0.25, 0.3) is 0 Å². The summed E-state index contributed by atoms with van der Waals surface area (Å²) < 4.78 is 49.6. The molecule has 0 saturated heterocycles. The maximum absolute atomic E-state index is 13.1. The molecule has 2 rings (SSSR count). The van der Waals surface area contributed by atoms with Gasteiger partial charge in [0, 0.05) is 25.0 Å². The smallest absolute Gasteiger partial charge is 0.221 e. The number of carbonyl (C=O) groups is 3. The van der Waals surface area contributed by atoms with Crippen LogP contribution in [0.2, 0.25) is 0 Å². The van der Waals surface area contributed by atoms with Crippen LogP contribution in [0.25, 0.3) is 0 Å². The molecule has 0 fully saturated rings. The van der Waals surface area contributed by atoms with E-state index in [0.29, 0.717) is 0 Å². The van der Waals surface area contributed by atoms with Crippen LogP contribution in [0.3, 0.4) is 0 Å². The second-order valence-electron chi connectivity index (χ2n) is 7.20. The highest BCUT2D eigenvalue weighted by Crippen LogP contribution is 2.28. The maximum Gasteiger partial charge on any atom is 0.221 e. The highest BCUT2D eigenvalue weighted by atomic mass is 32.2. The molecule has 0 bridgehead atoms. The SMILES string of the molecule is CC(=O)Nc1cc(C(=O)c2ccc(S(=O)(=O)CCO)c(NC(C)=O)c2)ccc1S(=O)(=O)CCO. The van der Waals surface area contributed by atoms with Crippen molar-refractivity contribution in [2.75, 3.05) is 35.4 Å². The number of ketones is 1. The van der Waals surface area contributed by atoms with Crippen LogP contribution in [0, 0.1) is 0 Å². The summed E-state index contributed by atoms with van der Waals surface area (Å²) in [5.41, 5.74) is -0.357. The van der Waals surface area contributed by atoms with Crippen LogP contribution >= 0.6 is 0 Å². The zero-order valence-electron chi connectivity index (χ0n) is 18.4. The number of nitrogens with one attached hydrogen (secondary N) is 2. The van der Waals surface area contributed by atoms with Crippen molar-refractivity contribution in [2.24, 2.45) is 0 Å². The van der Waals surface area contributed by atoms with Gasteiger partial charge in [-0.3, -0.25) is 14.4 Å². The molecule has 0 unspecified atom stereocenters. The van der Waals surface area contributed by atoms with Crippen molar-refractivity contribution in [1.29, 1.82) is 0 Å². The summed E-state index contributed by atoms with van der Waals surface area (Å²) in [6.45, 7) is 1.03. The summed E-state index contributed by atoms with van der Waals surface area (Å²) in [7, 11) is -7.90. The first kappa shape index (κ1) is 27.1. The molecule has 0 saturated carbocycles. The molecule has 2 aromatic carbocycles. The molecule has 0 radical (unpaired) electrons. The van der Waals surface area contributed by atoms with Crippen molar-refractivity contribution >= 4 is 48.6 Å². The molecule has 0 heterocycles. The van der Waals surface area contributed by atoms with Crippen LogP contribution in [0.1, 0.15) is 29.8 Å². The number of hydrogen-bond acceptors (Lipinski definition) is 9. The van der Waals surface area contributed by atoms with Crippen LogP contribution < -0.4 is 10.6 Å². The lowest BCUT2D eigenvalue weighted by molar-refractivity contribution is -0.115. The number of aliphatic hydroxyl groups excluding tert-OH is 2. The number of aliphatic hydroxyl groups is 2. The maximum atomic E-state index is 13.1. The van der Waals surface area contributed by atoms with E-state index in [1.807, 2.05) is 0 Å². The van der Waals surface area contributed by atoms with E-state index in [4.69, 9.17) is 10.2 Å². The highest BCUT2D eigenvalue weighted by Gasteiger charge is 2.24. The Morgan fingerprint density at radius 2 is 1.06 bits per heavy atom. The minimum absolute atomic E-state index is 0.0218. The summed E-state index contributed by atoms with van der Waals surface area (Å²) in [6.07, 6.45) is 0. The van der Waals surface area contributed by atoms with E-state index in [0.717, 1.165) is 38.1 Å². The molecule has 4 N–H and O–H groups in total. The molecular weight excluding hydrogens is 488 g/mol. The van der Waals surface area contributed by atoms with Gasteiger partial charge >= 0.3 is 0 Å². The molecule has 0 aliphatic heterocycles. The number of hydrogen-bond donors (Lipinski definition) is 4. The average Bonchev–Trinajstić information content (AvgIpc) is 2.72. The number of benzene rings is 2. The van der Waals surface area contributed by atoms with E-state index >= 15 is 0 Å². The zero-order valence-corrected chi connectivity index (χ0v) is 20.0. The topological polar surface area (TPSA) is 184 Å². The first-order chi connectivity index (χ1) is 15.8. The number of amides is 2. The van der Waals surface area contributed by atoms with Crippen molar-refractivity contribution in [1.82, 2.24) is 0 Å². The van der Waals surface area contributed by atoms with Crippen LogP contribution in [0.4, 0.5) is 11.4 Å². The first-order valence-corrected chi connectivity index (χ1v) is 13.2. The Bertz CT molecular complexity index is 1230. The van der Waals surface area contributed by atoms with Gasteiger partial charge in [-0.1, -0.05) is 0 Å². The Labute approximate surface area is 196 Å². The molecule has 0 aliphatic rings. The fourth-order valence-corrected chi connectivity index (χ4v) is 5.45. The largest absolute Gasteiger partial charge is 0.395 e. The van der Waals surface area contributed by atoms with Crippen molar-refractivity contribution in [3.63, 3.8) is 0 Å². The lowest BCUT2D eigenvalue weighted by Gasteiger charge is -2.14. The lowest BCUT2D eigenvalue weighted by Crippen LogP contribution is -2.17.